The minimum atomic E-state index is -0.650. The first-order valence-corrected chi connectivity index (χ1v) is 4.24. The van der Waals surface area contributed by atoms with E-state index in [2.05, 4.69) is 0 Å². The molecule has 2 nitrogen and oxygen atoms in total. The summed E-state index contributed by atoms with van der Waals surface area (Å²) in [4.78, 5) is 10.1. The van der Waals surface area contributed by atoms with Gasteiger partial charge in [-0.3, -0.25) is 4.79 Å². The lowest BCUT2D eigenvalue weighted by Gasteiger charge is -2.00. The number of rotatable bonds is 2. The lowest BCUT2D eigenvalue weighted by Crippen LogP contribution is -2.05. The highest BCUT2D eigenvalue weighted by Gasteiger charge is 2.17. The third-order valence-corrected chi connectivity index (χ3v) is 2.72. The average Bonchev–Trinajstić information content (AvgIpc) is 2.15. The van der Waals surface area contributed by atoms with Gasteiger partial charge in [0.25, 0.3) is 0 Å². The van der Waals surface area contributed by atoms with Crippen LogP contribution in [0.15, 0.2) is 0 Å². The molecular formula is C6H10O2S. The first-order chi connectivity index (χ1) is 4.29. The molecule has 1 fully saturated rings. The fourth-order valence-corrected chi connectivity index (χ4v) is 2.28. The fourth-order valence-electron chi connectivity index (χ4n) is 0.991. The second-order valence-corrected chi connectivity index (χ2v) is 3.48. The lowest BCUT2D eigenvalue weighted by atomic mass is 10.1. The summed E-state index contributed by atoms with van der Waals surface area (Å²) in [5.41, 5.74) is 0. The highest BCUT2D eigenvalue weighted by molar-refractivity contribution is 7.99. The van der Waals surface area contributed by atoms with Crippen LogP contribution in [0.25, 0.3) is 0 Å². The molecule has 1 rings (SSSR count). The van der Waals surface area contributed by atoms with Crippen LogP contribution >= 0.6 is 11.8 Å². The summed E-state index contributed by atoms with van der Waals surface area (Å²) in [6.45, 7) is 0. The maximum Gasteiger partial charge on any atom is 0.303 e. The Morgan fingerprint density at radius 2 is 2.56 bits per heavy atom. The Kier molecular flexibility index (Phi) is 2.39. The Balaban J connectivity index is 2.19. The van der Waals surface area contributed by atoms with Crippen molar-refractivity contribution in [1.29, 1.82) is 0 Å². The molecule has 0 saturated carbocycles. The summed E-state index contributed by atoms with van der Waals surface area (Å²) < 4.78 is 0. The zero-order valence-electron chi connectivity index (χ0n) is 5.17. The van der Waals surface area contributed by atoms with Crippen molar-refractivity contribution in [1.82, 2.24) is 0 Å². The van der Waals surface area contributed by atoms with Crippen molar-refractivity contribution in [3.8, 4) is 0 Å². The van der Waals surface area contributed by atoms with Crippen molar-refractivity contribution in [2.45, 2.75) is 12.8 Å². The number of hydrogen-bond acceptors (Lipinski definition) is 2. The minimum absolute atomic E-state index is 0.368. The molecule has 0 aromatic heterocycles. The van der Waals surface area contributed by atoms with Gasteiger partial charge in [-0.1, -0.05) is 0 Å². The molecule has 0 aliphatic carbocycles. The van der Waals surface area contributed by atoms with E-state index in [1.54, 1.807) is 0 Å². The van der Waals surface area contributed by atoms with Crippen LogP contribution in [0.1, 0.15) is 12.8 Å². The topological polar surface area (TPSA) is 37.3 Å². The zero-order chi connectivity index (χ0) is 6.69. The second-order valence-electron chi connectivity index (χ2n) is 2.33. The van der Waals surface area contributed by atoms with Crippen LogP contribution in [-0.4, -0.2) is 22.6 Å². The van der Waals surface area contributed by atoms with Crippen LogP contribution in [0.5, 0.6) is 0 Å². The Bertz CT molecular complexity index is 108. The van der Waals surface area contributed by atoms with Gasteiger partial charge in [-0.15, -0.1) is 0 Å². The normalized spacial score (nSPS) is 26.4. The predicted molar refractivity (Wildman–Crippen MR) is 37.7 cm³/mol. The largest absolute Gasteiger partial charge is 0.481 e. The Morgan fingerprint density at radius 3 is 3.00 bits per heavy atom. The van der Waals surface area contributed by atoms with Gasteiger partial charge in [0.05, 0.1) is 0 Å². The van der Waals surface area contributed by atoms with E-state index in [-0.39, 0.29) is 0 Å². The number of hydrogen-bond donors (Lipinski definition) is 1. The molecule has 3 heteroatoms. The molecule has 0 amide bonds. The number of thioether (sulfide) groups is 1. The van der Waals surface area contributed by atoms with Crippen molar-refractivity contribution in [2.24, 2.45) is 5.92 Å². The number of carboxylic acids is 1. The summed E-state index contributed by atoms with van der Waals surface area (Å²) in [6.07, 6.45) is 1.46. The van der Waals surface area contributed by atoms with Gasteiger partial charge in [0.1, 0.15) is 0 Å². The Morgan fingerprint density at radius 1 is 1.78 bits per heavy atom. The fraction of sp³-hybridized carbons (Fsp3) is 0.833. The third-order valence-electron chi connectivity index (χ3n) is 1.49. The van der Waals surface area contributed by atoms with E-state index in [0.717, 1.165) is 17.9 Å². The molecule has 0 bridgehead atoms. The molecule has 0 radical (unpaired) electrons. The van der Waals surface area contributed by atoms with Crippen molar-refractivity contribution in [2.75, 3.05) is 11.5 Å². The van der Waals surface area contributed by atoms with Gasteiger partial charge in [-0.25, -0.2) is 0 Å². The summed E-state index contributed by atoms with van der Waals surface area (Å²) >= 11 is 1.86. The van der Waals surface area contributed by atoms with E-state index in [0.29, 0.717) is 12.3 Å². The van der Waals surface area contributed by atoms with Gasteiger partial charge >= 0.3 is 5.97 Å². The second kappa shape index (κ2) is 3.11. The van der Waals surface area contributed by atoms with Crippen LogP contribution in [0.4, 0.5) is 0 Å². The first-order valence-electron chi connectivity index (χ1n) is 3.08. The molecule has 1 heterocycles. The Labute approximate surface area is 58.6 Å². The maximum absolute atomic E-state index is 10.1. The molecule has 0 spiro atoms. The minimum Gasteiger partial charge on any atom is -0.481 e. The van der Waals surface area contributed by atoms with Crippen LogP contribution in [0.2, 0.25) is 0 Å². The number of carboxylic acid groups (broad SMARTS) is 1. The highest BCUT2D eigenvalue weighted by Crippen LogP contribution is 2.25. The molecule has 0 aromatic rings. The van der Waals surface area contributed by atoms with Crippen LogP contribution in [-0.2, 0) is 4.79 Å². The smallest absolute Gasteiger partial charge is 0.303 e. The number of carbonyl (C=O) groups is 1. The maximum atomic E-state index is 10.1. The van der Waals surface area contributed by atoms with Crippen molar-refractivity contribution < 1.29 is 9.90 Å². The summed E-state index contributed by atoms with van der Waals surface area (Å²) in [7, 11) is 0. The van der Waals surface area contributed by atoms with E-state index >= 15 is 0 Å². The molecule has 1 N–H and O–H groups in total. The predicted octanol–water partition coefficient (Wildman–Crippen LogP) is 1.21. The molecule has 1 aliphatic heterocycles. The third kappa shape index (κ3) is 2.26. The molecule has 0 aromatic carbocycles. The standard InChI is InChI=1S/C6H10O2S/c7-6(8)3-5-1-2-9-4-5/h5H,1-4H2,(H,7,8)/t5-/m0/s1. The van der Waals surface area contributed by atoms with Gasteiger partial charge in [-0.05, 0) is 23.8 Å². The van der Waals surface area contributed by atoms with Gasteiger partial charge in [0, 0.05) is 6.42 Å². The average molecular weight is 146 g/mol. The monoisotopic (exact) mass is 146 g/mol. The molecule has 1 aliphatic rings. The lowest BCUT2D eigenvalue weighted by molar-refractivity contribution is -0.137. The molecule has 1 atom stereocenters. The van der Waals surface area contributed by atoms with Gasteiger partial charge in [0.15, 0.2) is 0 Å². The van der Waals surface area contributed by atoms with Crippen molar-refractivity contribution >= 4 is 17.7 Å². The molecule has 9 heavy (non-hydrogen) atoms. The summed E-state index contributed by atoms with van der Waals surface area (Å²) in [5.74, 6) is 2.00. The molecule has 0 unspecified atom stereocenters. The first kappa shape index (κ1) is 6.93. The number of aliphatic carboxylic acids is 1. The summed E-state index contributed by atoms with van der Waals surface area (Å²) in [6, 6.07) is 0. The van der Waals surface area contributed by atoms with Crippen molar-refractivity contribution in [3.63, 3.8) is 0 Å². The van der Waals surface area contributed by atoms with E-state index in [1.807, 2.05) is 11.8 Å². The Hall–Kier alpha value is -0.180. The van der Waals surface area contributed by atoms with Crippen molar-refractivity contribution in [3.05, 3.63) is 0 Å². The van der Waals surface area contributed by atoms with E-state index < -0.39 is 5.97 Å². The van der Waals surface area contributed by atoms with Gasteiger partial charge in [0.2, 0.25) is 0 Å². The van der Waals surface area contributed by atoms with Crippen LogP contribution in [0.3, 0.4) is 0 Å². The van der Waals surface area contributed by atoms with Crippen LogP contribution < -0.4 is 0 Å². The molecular weight excluding hydrogens is 136 g/mol. The summed E-state index contributed by atoms with van der Waals surface area (Å²) in [5, 5.41) is 8.36. The molecule has 52 valence electrons. The van der Waals surface area contributed by atoms with Crippen LogP contribution in [0, 0.1) is 5.92 Å². The zero-order valence-corrected chi connectivity index (χ0v) is 5.99. The quantitative estimate of drug-likeness (QED) is 0.636. The van der Waals surface area contributed by atoms with Gasteiger partial charge < -0.3 is 5.11 Å². The van der Waals surface area contributed by atoms with E-state index in [1.165, 1.54) is 0 Å². The SMILES string of the molecule is O=C(O)C[C@@H]1CCSC1. The molecule has 1 saturated heterocycles. The highest BCUT2D eigenvalue weighted by atomic mass is 32.2. The van der Waals surface area contributed by atoms with E-state index in [9.17, 15) is 4.79 Å². The van der Waals surface area contributed by atoms with Gasteiger partial charge in [-0.2, -0.15) is 11.8 Å². The van der Waals surface area contributed by atoms with E-state index in [4.69, 9.17) is 5.11 Å².